The van der Waals surface area contributed by atoms with Crippen molar-refractivity contribution < 1.29 is 0 Å². The molecule has 0 amide bonds. The zero-order chi connectivity index (χ0) is 16.6. The Bertz CT molecular complexity index is 814. The lowest BCUT2D eigenvalue weighted by Gasteiger charge is -2.21. The molecule has 5 nitrogen and oxygen atoms in total. The van der Waals surface area contributed by atoms with Crippen LogP contribution in [0.4, 0.5) is 0 Å². The summed E-state index contributed by atoms with van der Waals surface area (Å²) in [5.74, 6) is 0. The van der Waals surface area contributed by atoms with E-state index in [0.717, 1.165) is 41.4 Å². The molecule has 1 aliphatic carbocycles. The average molecular weight is 327 g/mol. The van der Waals surface area contributed by atoms with Crippen molar-refractivity contribution in [1.82, 2.24) is 25.3 Å². The Balaban J connectivity index is 1.81. The van der Waals surface area contributed by atoms with Crippen LogP contribution in [0, 0.1) is 12.3 Å². The predicted octanol–water partition coefficient (Wildman–Crippen LogP) is 0.708. The van der Waals surface area contributed by atoms with Crippen molar-refractivity contribution in [3.05, 3.63) is 26.8 Å². The SMILES string of the molecule is [B]C1=c2nnn(CC(C)(C)C)c2=CCC1NCc1scnc1C. The van der Waals surface area contributed by atoms with Crippen LogP contribution in [0.2, 0.25) is 0 Å². The second-order valence-corrected chi connectivity index (χ2v) is 8.17. The van der Waals surface area contributed by atoms with Crippen molar-refractivity contribution >= 4 is 30.7 Å². The van der Waals surface area contributed by atoms with E-state index in [0.29, 0.717) is 0 Å². The second-order valence-electron chi connectivity index (χ2n) is 7.23. The van der Waals surface area contributed by atoms with Crippen LogP contribution >= 0.6 is 11.3 Å². The van der Waals surface area contributed by atoms with Gasteiger partial charge in [0.2, 0.25) is 0 Å². The van der Waals surface area contributed by atoms with Crippen molar-refractivity contribution in [3.8, 4) is 0 Å². The first-order valence-corrected chi connectivity index (χ1v) is 8.75. The van der Waals surface area contributed by atoms with E-state index in [2.05, 4.69) is 47.5 Å². The van der Waals surface area contributed by atoms with Gasteiger partial charge in [-0.1, -0.05) is 37.5 Å². The first-order chi connectivity index (χ1) is 10.8. The molecule has 1 aliphatic rings. The Kier molecular flexibility index (Phi) is 4.42. The van der Waals surface area contributed by atoms with Gasteiger partial charge >= 0.3 is 0 Å². The molecule has 2 heterocycles. The Morgan fingerprint density at radius 1 is 1.43 bits per heavy atom. The minimum Gasteiger partial charge on any atom is -0.306 e. The summed E-state index contributed by atoms with van der Waals surface area (Å²) < 4.78 is 1.96. The van der Waals surface area contributed by atoms with Gasteiger partial charge in [0.05, 0.1) is 16.6 Å². The third-order valence-corrected chi connectivity index (χ3v) is 4.88. The molecule has 120 valence electrons. The van der Waals surface area contributed by atoms with Crippen LogP contribution in [0.1, 0.15) is 37.8 Å². The van der Waals surface area contributed by atoms with Gasteiger partial charge in [-0.05, 0) is 18.8 Å². The average Bonchev–Trinajstić information content (AvgIpc) is 3.04. The smallest absolute Gasteiger partial charge is 0.113 e. The predicted molar refractivity (Wildman–Crippen MR) is 94.4 cm³/mol. The Morgan fingerprint density at radius 3 is 2.87 bits per heavy atom. The Morgan fingerprint density at radius 2 is 2.22 bits per heavy atom. The summed E-state index contributed by atoms with van der Waals surface area (Å²) in [6.07, 6.45) is 3.04. The van der Waals surface area contributed by atoms with E-state index in [9.17, 15) is 0 Å². The Hall–Kier alpha value is -1.47. The first kappa shape index (κ1) is 16.4. The monoisotopic (exact) mass is 327 g/mol. The van der Waals surface area contributed by atoms with Gasteiger partial charge in [0.25, 0.3) is 0 Å². The highest BCUT2D eigenvalue weighted by atomic mass is 32.1. The molecular weight excluding hydrogens is 305 g/mol. The molecule has 23 heavy (non-hydrogen) atoms. The molecule has 1 unspecified atom stereocenters. The Labute approximate surface area is 141 Å². The van der Waals surface area contributed by atoms with E-state index in [-0.39, 0.29) is 11.5 Å². The molecule has 0 bridgehead atoms. The largest absolute Gasteiger partial charge is 0.306 e. The van der Waals surface area contributed by atoms with Crippen LogP contribution in [-0.2, 0) is 13.1 Å². The first-order valence-electron chi connectivity index (χ1n) is 7.87. The van der Waals surface area contributed by atoms with Gasteiger partial charge in [-0.25, -0.2) is 9.67 Å². The van der Waals surface area contributed by atoms with E-state index in [1.54, 1.807) is 11.3 Å². The topological polar surface area (TPSA) is 55.6 Å². The standard InChI is InChI=1S/C16H22BN5S/c1-10-13(23-9-19-10)7-18-11-5-6-12-15(14(11)17)20-21-22(12)8-16(2,3)4/h6,9,11,18H,5,7-8H2,1-4H3. The summed E-state index contributed by atoms with van der Waals surface area (Å²) in [5, 5.41) is 14.0. The van der Waals surface area contributed by atoms with Crippen LogP contribution < -0.4 is 16.0 Å². The van der Waals surface area contributed by atoms with E-state index in [1.165, 1.54) is 4.88 Å². The van der Waals surface area contributed by atoms with Crippen molar-refractivity contribution in [3.63, 3.8) is 0 Å². The maximum atomic E-state index is 6.35. The number of hydrogen-bond donors (Lipinski definition) is 1. The fourth-order valence-electron chi connectivity index (χ4n) is 2.72. The van der Waals surface area contributed by atoms with Gasteiger partial charge in [-0.3, -0.25) is 0 Å². The summed E-state index contributed by atoms with van der Waals surface area (Å²) in [6, 6.07) is 0.101. The van der Waals surface area contributed by atoms with Gasteiger partial charge in [-0.2, -0.15) is 0 Å². The number of fused-ring (bicyclic) bond motifs is 1. The van der Waals surface area contributed by atoms with E-state index in [1.807, 2.05) is 17.1 Å². The maximum absolute atomic E-state index is 6.35. The number of aromatic nitrogens is 4. The number of nitrogens with zero attached hydrogens (tertiary/aromatic N) is 4. The lowest BCUT2D eigenvalue weighted by atomic mass is 9.84. The lowest BCUT2D eigenvalue weighted by Crippen LogP contribution is -2.44. The molecule has 2 aromatic heterocycles. The van der Waals surface area contributed by atoms with Crippen LogP contribution in [0.3, 0.4) is 0 Å². The maximum Gasteiger partial charge on any atom is 0.113 e. The molecule has 1 atom stereocenters. The molecule has 7 heteroatoms. The molecule has 1 N–H and O–H groups in total. The molecule has 2 aromatic rings. The third kappa shape index (κ3) is 3.56. The fourth-order valence-corrected chi connectivity index (χ4v) is 3.45. The van der Waals surface area contributed by atoms with Gasteiger partial charge < -0.3 is 5.32 Å². The summed E-state index contributed by atoms with van der Waals surface area (Å²) in [7, 11) is 6.35. The van der Waals surface area contributed by atoms with Gasteiger partial charge in [-0.15, -0.1) is 16.4 Å². The molecular formula is C16H22BN5S. The van der Waals surface area contributed by atoms with E-state index >= 15 is 0 Å². The summed E-state index contributed by atoms with van der Waals surface area (Å²) in [4.78, 5) is 5.53. The highest BCUT2D eigenvalue weighted by Gasteiger charge is 2.19. The number of nitrogens with one attached hydrogen (secondary N) is 1. The molecule has 0 saturated heterocycles. The number of aryl methyl sites for hydroxylation is 1. The molecule has 0 saturated carbocycles. The number of hydrogen-bond acceptors (Lipinski definition) is 5. The van der Waals surface area contributed by atoms with Crippen molar-refractivity contribution in [2.75, 3.05) is 0 Å². The third-order valence-electron chi connectivity index (χ3n) is 3.95. The minimum atomic E-state index is 0.101. The molecule has 3 rings (SSSR count). The molecule has 2 radical (unpaired) electrons. The highest BCUT2D eigenvalue weighted by Crippen LogP contribution is 2.15. The van der Waals surface area contributed by atoms with Crippen LogP contribution in [0.25, 0.3) is 11.5 Å². The van der Waals surface area contributed by atoms with E-state index < -0.39 is 0 Å². The quantitative estimate of drug-likeness (QED) is 0.841. The molecule has 0 aromatic carbocycles. The van der Waals surface area contributed by atoms with Gasteiger partial charge in [0, 0.05) is 24.0 Å². The fraction of sp³-hybridized carbons (Fsp3) is 0.562. The summed E-state index contributed by atoms with van der Waals surface area (Å²) in [5.41, 5.74) is 3.90. The zero-order valence-electron chi connectivity index (χ0n) is 14.1. The number of rotatable bonds is 4. The van der Waals surface area contributed by atoms with Crippen LogP contribution in [0.5, 0.6) is 0 Å². The summed E-state index contributed by atoms with van der Waals surface area (Å²) in [6.45, 7) is 10.2. The normalized spacial score (nSPS) is 17.9. The van der Waals surface area contributed by atoms with E-state index in [4.69, 9.17) is 7.85 Å². The second kappa shape index (κ2) is 6.21. The zero-order valence-corrected chi connectivity index (χ0v) is 14.9. The molecule has 0 spiro atoms. The van der Waals surface area contributed by atoms with Crippen molar-refractivity contribution in [1.29, 1.82) is 0 Å². The summed E-state index contributed by atoms with van der Waals surface area (Å²) >= 11 is 1.67. The van der Waals surface area contributed by atoms with Gasteiger partial charge in [0.15, 0.2) is 0 Å². The van der Waals surface area contributed by atoms with Crippen LogP contribution in [-0.4, -0.2) is 33.9 Å². The van der Waals surface area contributed by atoms with Crippen LogP contribution in [0.15, 0.2) is 5.51 Å². The molecule has 0 fully saturated rings. The minimum absolute atomic E-state index is 0.101. The van der Waals surface area contributed by atoms with Crippen molar-refractivity contribution in [2.45, 2.75) is 53.2 Å². The highest BCUT2D eigenvalue weighted by molar-refractivity contribution is 7.09. The van der Waals surface area contributed by atoms with Crippen molar-refractivity contribution in [2.24, 2.45) is 5.41 Å². The van der Waals surface area contributed by atoms with Gasteiger partial charge in [0.1, 0.15) is 13.2 Å². The lowest BCUT2D eigenvalue weighted by molar-refractivity contribution is 0.317. The number of thiazole rings is 1. The molecule has 0 aliphatic heterocycles.